The summed E-state index contributed by atoms with van der Waals surface area (Å²) < 4.78 is 0. The van der Waals surface area contributed by atoms with Crippen LogP contribution in [0.25, 0.3) is 39.0 Å². The third-order valence-corrected chi connectivity index (χ3v) is 14.3. The van der Waals surface area contributed by atoms with E-state index in [-0.39, 0.29) is 5.41 Å². The van der Waals surface area contributed by atoms with E-state index in [1.54, 1.807) is 0 Å². The average Bonchev–Trinajstić information content (AvgIpc) is 3.43. The van der Waals surface area contributed by atoms with Crippen LogP contribution < -0.4 is 9.80 Å². The maximum atomic E-state index is 2.48. The summed E-state index contributed by atoms with van der Waals surface area (Å²) in [4.78, 5) is 4.88. The van der Waals surface area contributed by atoms with Gasteiger partial charge in [-0.15, -0.1) is 0 Å². The molecule has 0 bridgehead atoms. The van der Waals surface area contributed by atoms with Gasteiger partial charge in [-0.1, -0.05) is 207 Å². The maximum absolute atomic E-state index is 2.48. The van der Waals surface area contributed by atoms with Crippen molar-refractivity contribution in [3.8, 4) is 33.4 Å². The highest BCUT2D eigenvalue weighted by molar-refractivity contribution is 5.81. The van der Waals surface area contributed by atoms with Crippen LogP contribution >= 0.6 is 0 Å². The lowest BCUT2D eigenvalue weighted by Gasteiger charge is -2.39. The summed E-state index contributed by atoms with van der Waals surface area (Å²) in [6, 6.07) is 89.1. The molecule has 0 atom stereocenters. The molecule has 9 aromatic rings. The highest BCUT2D eigenvalue weighted by Crippen LogP contribution is 2.47. The molecule has 2 aliphatic rings. The molecule has 2 nitrogen and oxygen atoms in total. The van der Waals surface area contributed by atoms with Gasteiger partial charge in [-0.2, -0.15) is 0 Å². The minimum atomic E-state index is -0.0611. The largest absolute Gasteiger partial charge is 0.314 e. The second kappa shape index (κ2) is 19.5. The first-order valence-electron chi connectivity index (χ1n) is 24.4. The van der Waals surface area contributed by atoms with E-state index in [1.165, 1.54) is 92.0 Å². The van der Waals surface area contributed by atoms with Crippen molar-refractivity contribution in [1.29, 1.82) is 0 Å². The molecule has 0 radical (unpaired) electrons. The van der Waals surface area contributed by atoms with Crippen molar-refractivity contribution in [3.05, 3.63) is 277 Å². The van der Waals surface area contributed by atoms with Crippen molar-refractivity contribution in [1.82, 2.24) is 0 Å². The summed E-state index contributed by atoms with van der Waals surface area (Å²) in [5, 5.41) is 0. The van der Waals surface area contributed by atoms with Crippen LogP contribution in [-0.4, -0.2) is 0 Å². The van der Waals surface area contributed by atoms with E-state index in [0.717, 1.165) is 42.7 Å². The van der Waals surface area contributed by atoms with Crippen molar-refractivity contribution in [3.63, 3.8) is 0 Å². The molecular weight excluding hydrogens is 821 g/mol. The average molecular weight is 877 g/mol. The fraction of sp³-hybridized carbons (Fsp3) is 0.121. The zero-order valence-electron chi connectivity index (χ0n) is 38.6. The maximum Gasteiger partial charge on any atom is 0.0462 e. The van der Waals surface area contributed by atoms with Crippen LogP contribution in [-0.2, 0) is 5.41 Å². The number of benzene rings is 9. The lowest BCUT2D eigenvalue weighted by molar-refractivity contribution is 0.346. The molecule has 0 heterocycles. The van der Waals surface area contributed by atoms with Gasteiger partial charge in [-0.3, -0.25) is 0 Å². The molecule has 0 saturated heterocycles. The molecule has 0 unspecified atom stereocenters. The molecule has 2 aliphatic carbocycles. The normalized spacial score (nSPS) is 14.4. The molecular formula is C66H56N2. The van der Waals surface area contributed by atoms with E-state index in [2.05, 4.69) is 265 Å². The Morgan fingerprint density at radius 2 is 0.588 bits per heavy atom. The summed E-state index contributed by atoms with van der Waals surface area (Å²) in [5.74, 6) is 0. The third-order valence-electron chi connectivity index (χ3n) is 14.3. The SMILES string of the molecule is C1=C(c2ccccc2)CCC(N(c2ccc(-c3ccccc3)cc2)c2ccc(C3(c4ccc(N(c5ccc(-c6ccccc6)cc5)c5ccc(-c6ccccc6)cc5)cc4)CCCCC3)cc2)=C1. The van der Waals surface area contributed by atoms with Gasteiger partial charge >= 0.3 is 0 Å². The molecule has 330 valence electrons. The molecule has 0 amide bonds. The standard InChI is InChI=1S/C66H56N2/c1-6-16-50(17-7-1)54-24-36-60(37-25-54)67(61-38-26-55(27-39-61)51-18-8-2-9-19-51)64-44-32-58(33-45-64)66(48-14-5-15-49-66)59-34-46-65(47-35-59)68(62-40-28-56(29-41-62)52-20-10-3-11-21-52)63-42-30-57(31-43-63)53-22-12-4-13-23-53/h1-4,6-13,16-30,32-42,44-47H,5,14-15,31,43,48-49H2. The van der Waals surface area contributed by atoms with Gasteiger partial charge in [0.25, 0.3) is 0 Å². The van der Waals surface area contributed by atoms with Gasteiger partial charge in [0.2, 0.25) is 0 Å². The van der Waals surface area contributed by atoms with Crippen LogP contribution in [0, 0.1) is 0 Å². The fourth-order valence-electron chi connectivity index (χ4n) is 10.7. The minimum absolute atomic E-state index is 0.0611. The summed E-state index contributed by atoms with van der Waals surface area (Å²) in [6.07, 6.45) is 12.6. The predicted octanol–water partition coefficient (Wildman–Crippen LogP) is 18.3. The Hall–Kier alpha value is -7.94. The molecule has 0 spiro atoms. The van der Waals surface area contributed by atoms with Gasteiger partial charge < -0.3 is 9.80 Å². The molecule has 2 heteroatoms. The van der Waals surface area contributed by atoms with E-state index >= 15 is 0 Å². The molecule has 1 saturated carbocycles. The lowest BCUT2D eigenvalue weighted by atomic mass is 9.65. The van der Waals surface area contributed by atoms with Crippen molar-refractivity contribution < 1.29 is 0 Å². The second-order valence-electron chi connectivity index (χ2n) is 18.4. The van der Waals surface area contributed by atoms with Crippen molar-refractivity contribution >= 4 is 34.0 Å². The summed E-state index contributed by atoms with van der Waals surface area (Å²) >= 11 is 0. The van der Waals surface area contributed by atoms with Crippen LogP contribution in [0.5, 0.6) is 0 Å². The number of rotatable bonds is 12. The minimum Gasteiger partial charge on any atom is -0.314 e. The summed E-state index contributed by atoms with van der Waals surface area (Å²) in [5.41, 5.74) is 19.8. The van der Waals surface area contributed by atoms with Crippen molar-refractivity contribution in [2.24, 2.45) is 0 Å². The van der Waals surface area contributed by atoms with Gasteiger partial charge in [0.1, 0.15) is 0 Å². The molecule has 11 rings (SSSR count). The van der Waals surface area contributed by atoms with E-state index in [0.29, 0.717) is 0 Å². The smallest absolute Gasteiger partial charge is 0.0462 e. The first kappa shape index (κ1) is 42.7. The van der Waals surface area contributed by atoms with Crippen LogP contribution in [0.2, 0.25) is 0 Å². The Balaban J connectivity index is 0.930. The number of nitrogens with zero attached hydrogens (tertiary/aromatic N) is 2. The van der Waals surface area contributed by atoms with Crippen LogP contribution in [0.4, 0.5) is 28.4 Å². The Morgan fingerprint density at radius 1 is 0.265 bits per heavy atom. The lowest BCUT2D eigenvalue weighted by Crippen LogP contribution is -2.30. The van der Waals surface area contributed by atoms with Gasteiger partial charge in [-0.05, 0) is 148 Å². The molecule has 9 aromatic carbocycles. The Kier molecular flexibility index (Phi) is 12.2. The predicted molar refractivity (Wildman–Crippen MR) is 288 cm³/mol. The quantitative estimate of drug-likeness (QED) is 0.121. The molecule has 1 fully saturated rings. The first-order chi connectivity index (χ1) is 33.7. The van der Waals surface area contributed by atoms with Crippen LogP contribution in [0.1, 0.15) is 61.6 Å². The van der Waals surface area contributed by atoms with Gasteiger partial charge in [-0.25, -0.2) is 0 Å². The Labute approximate surface area is 402 Å². The van der Waals surface area contributed by atoms with E-state index in [1.807, 2.05) is 0 Å². The van der Waals surface area contributed by atoms with Gasteiger partial charge in [0.05, 0.1) is 0 Å². The highest BCUT2D eigenvalue weighted by atomic mass is 15.2. The van der Waals surface area contributed by atoms with Crippen molar-refractivity contribution in [2.75, 3.05) is 9.80 Å². The number of hydrogen-bond donors (Lipinski definition) is 0. The Morgan fingerprint density at radius 3 is 0.941 bits per heavy atom. The molecule has 0 aromatic heterocycles. The van der Waals surface area contributed by atoms with E-state index in [9.17, 15) is 0 Å². The highest BCUT2D eigenvalue weighted by Gasteiger charge is 2.36. The number of anilines is 5. The fourth-order valence-corrected chi connectivity index (χ4v) is 10.7. The number of allylic oxidation sites excluding steroid dienone is 4. The second-order valence-corrected chi connectivity index (χ2v) is 18.4. The van der Waals surface area contributed by atoms with E-state index in [4.69, 9.17) is 0 Å². The summed E-state index contributed by atoms with van der Waals surface area (Å²) in [7, 11) is 0. The first-order valence-corrected chi connectivity index (χ1v) is 24.4. The van der Waals surface area contributed by atoms with Gasteiger partial charge in [0, 0.05) is 39.5 Å². The van der Waals surface area contributed by atoms with Crippen LogP contribution in [0.3, 0.4) is 0 Å². The van der Waals surface area contributed by atoms with E-state index < -0.39 is 0 Å². The van der Waals surface area contributed by atoms with Crippen LogP contribution in [0.15, 0.2) is 261 Å². The monoisotopic (exact) mass is 876 g/mol. The topological polar surface area (TPSA) is 6.48 Å². The van der Waals surface area contributed by atoms with Crippen molar-refractivity contribution in [2.45, 2.75) is 50.4 Å². The third kappa shape index (κ3) is 8.86. The van der Waals surface area contributed by atoms with Gasteiger partial charge in [0.15, 0.2) is 0 Å². The number of hydrogen-bond acceptors (Lipinski definition) is 2. The molecule has 68 heavy (non-hydrogen) atoms. The zero-order valence-corrected chi connectivity index (χ0v) is 38.6. The molecule has 0 aliphatic heterocycles. The molecule has 0 N–H and O–H groups in total. The summed E-state index contributed by atoms with van der Waals surface area (Å²) in [6.45, 7) is 0. The Bertz CT molecular complexity index is 3030. The zero-order chi connectivity index (χ0) is 45.5.